The van der Waals surface area contributed by atoms with Gasteiger partial charge in [-0.3, -0.25) is 9.80 Å². The Labute approximate surface area is 127 Å². The first-order valence-electron chi connectivity index (χ1n) is 6.95. The van der Waals surface area contributed by atoms with Crippen molar-refractivity contribution >= 4 is 17.4 Å². The summed E-state index contributed by atoms with van der Waals surface area (Å²) >= 11 is 0. The van der Waals surface area contributed by atoms with E-state index in [1.54, 1.807) is 24.1 Å². The molecule has 2 aromatic carbocycles. The van der Waals surface area contributed by atoms with Crippen molar-refractivity contribution in [3.8, 4) is 0 Å². The van der Waals surface area contributed by atoms with E-state index in [0.29, 0.717) is 5.71 Å². The zero-order chi connectivity index (χ0) is 15.7. The number of nitrogens with zero attached hydrogens (tertiary/aromatic N) is 2. The highest BCUT2D eigenvalue weighted by atomic mass is 19.1. The Kier molecular flexibility index (Phi) is 3.63. The number of para-hydroxylation sites is 1. The van der Waals surface area contributed by atoms with Crippen molar-refractivity contribution in [3.05, 3.63) is 66.0 Å². The van der Waals surface area contributed by atoms with Crippen molar-refractivity contribution in [2.75, 3.05) is 5.01 Å². The summed E-state index contributed by atoms with van der Waals surface area (Å²) in [6, 6.07) is 14.8. The molecule has 0 spiro atoms. The molecule has 0 radical (unpaired) electrons. The Balaban J connectivity index is 2.08. The van der Waals surface area contributed by atoms with Crippen molar-refractivity contribution in [2.24, 2.45) is 11.0 Å². The summed E-state index contributed by atoms with van der Waals surface area (Å²) in [5.74, 6) is -2.04. The Hall–Kier alpha value is -2.69. The van der Waals surface area contributed by atoms with Gasteiger partial charge in [-0.05, 0) is 36.8 Å². The molecule has 1 aliphatic rings. The maximum absolute atomic E-state index is 13.2. The molecular weight excluding hydrogens is 283 g/mol. The van der Waals surface area contributed by atoms with Gasteiger partial charge in [-0.15, -0.1) is 0 Å². The van der Waals surface area contributed by atoms with Crippen molar-refractivity contribution in [2.45, 2.75) is 13.0 Å². The Bertz CT molecular complexity index is 713. The number of anilines is 1. The second-order valence-corrected chi connectivity index (χ2v) is 5.23. The minimum Gasteiger partial charge on any atom is -0.481 e. The predicted octanol–water partition coefficient (Wildman–Crippen LogP) is 3.46. The van der Waals surface area contributed by atoms with Gasteiger partial charge in [0.15, 0.2) is 0 Å². The van der Waals surface area contributed by atoms with Crippen molar-refractivity contribution in [1.29, 1.82) is 0 Å². The number of halogens is 1. The second-order valence-electron chi connectivity index (χ2n) is 5.23. The van der Waals surface area contributed by atoms with E-state index in [4.69, 9.17) is 0 Å². The third-order valence-electron chi connectivity index (χ3n) is 3.79. The first-order chi connectivity index (χ1) is 10.6. The third kappa shape index (κ3) is 2.45. The van der Waals surface area contributed by atoms with E-state index in [1.807, 2.05) is 30.3 Å². The number of rotatable bonds is 3. The van der Waals surface area contributed by atoms with E-state index in [0.717, 1.165) is 11.3 Å². The van der Waals surface area contributed by atoms with Gasteiger partial charge in [0.05, 0.1) is 17.4 Å². The van der Waals surface area contributed by atoms with Gasteiger partial charge in [0.2, 0.25) is 0 Å². The van der Waals surface area contributed by atoms with Crippen LogP contribution in [0.1, 0.15) is 18.5 Å². The summed E-state index contributed by atoms with van der Waals surface area (Å²) in [6.45, 7) is 1.71. The minimum absolute atomic E-state index is 0.350. The zero-order valence-corrected chi connectivity index (χ0v) is 12.0. The summed E-state index contributed by atoms with van der Waals surface area (Å²) in [5, 5.41) is 15.7. The van der Waals surface area contributed by atoms with Crippen molar-refractivity contribution in [3.63, 3.8) is 0 Å². The minimum atomic E-state index is -0.936. The fraction of sp³-hybridized carbons (Fsp3) is 0.176. The lowest BCUT2D eigenvalue weighted by atomic mass is 9.90. The summed E-state index contributed by atoms with van der Waals surface area (Å²) in [7, 11) is 0. The van der Waals surface area contributed by atoms with Crippen LogP contribution in [0, 0.1) is 11.7 Å². The molecule has 0 aromatic heterocycles. The average Bonchev–Trinajstić information content (AvgIpc) is 2.86. The standard InChI is InChI=1S/C17H15FN2O2/c1-11-15(17(21)22)16(12-7-9-13(18)10-8-12)20(19-11)14-5-3-2-4-6-14/h2-10,15-16H,1H3,(H,21,22). The maximum Gasteiger partial charge on any atom is 0.314 e. The highest BCUT2D eigenvalue weighted by molar-refractivity contribution is 6.03. The fourth-order valence-electron chi connectivity index (χ4n) is 2.77. The number of carbonyl (C=O) groups is 1. The number of aliphatic carboxylic acids is 1. The Morgan fingerprint density at radius 3 is 2.36 bits per heavy atom. The second kappa shape index (κ2) is 5.60. The summed E-state index contributed by atoms with van der Waals surface area (Å²) in [5.41, 5.74) is 2.06. The molecule has 0 bridgehead atoms. The molecule has 0 aliphatic carbocycles. The van der Waals surface area contributed by atoms with Gasteiger partial charge < -0.3 is 5.11 Å². The molecule has 1 aliphatic heterocycles. The monoisotopic (exact) mass is 298 g/mol. The quantitative estimate of drug-likeness (QED) is 0.944. The summed E-state index contributed by atoms with van der Waals surface area (Å²) < 4.78 is 13.2. The molecule has 112 valence electrons. The molecule has 3 rings (SSSR count). The SMILES string of the molecule is CC1=NN(c2ccccc2)C(c2ccc(F)cc2)C1C(=O)O. The molecule has 1 N–H and O–H groups in total. The van der Waals surface area contributed by atoms with E-state index in [-0.39, 0.29) is 5.82 Å². The molecular formula is C17H15FN2O2. The van der Waals surface area contributed by atoms with Crippen LogP contribution in [0.25, 0.3) is 0 Å². The first kappa shape index (κ1) is 14.3. The molecule has 4 nitrogen and oxygen atoms in total. The van der Waals surface area contributed by atoms with Crippen molar-refractivity contribution < 1.29 is 14.3 Å². The van der Waals surface area contributed by atoms with Gasteiger partial charge in [-0.2, -0.15) is 5.10 Å². The van der Waals surface area contributed by atoms with Crippen LogP contribution in [-0.4, -0.2) is 16.8 Å². The highest BCUT2D eigenvalue weighted by Crippen LogP contribution is 2.39. The van der Waals surface area contributed by atoms with Crippen LogP contribution in [0.4, 0.5) is 10.1 Å². The van der Waals surface area contributed by atoms with E-state index >= 15 is 0 Å². The van der Waals surface area contributed by atoms with E-state index in [9.17, 15) is 14.3 Å². The van der Waals surface area contributed by atoms with Crippen LogP contribution < -0.4 is 5.01 Å². The van der Waals surface area contributed by atoms with Crippen LogP contribution in [0.3, 0.4) is 0 Å². The first-order valence-corrected chi connectivity index (χ1v) is 6.95. The molecule has 0 amide bonds. The largest absolute Gasteiger partial charge is 0.481 e. The van der Waals surface area contributed by atoms with Crippen LogP contribution in [0.15, 0.2) is 59.7 Å². The van der Waals surface area contributed by atoms with Crippen LogP contribution in [0.5, 0.6) is 0 Å². The lowest BCUT2D eigenvalue weighted by molar-refractivity contribution is -0.139. The van der Waals surface area contributed by atoms with Crippen LogP contribution in [0.2, 0.25) is 0 Å². The molecule has 0 saturated heterocycles. The topological polar surface area (TPSA) is 52.9 Å². The van der Waals surface area contributed by atoms with Gasteiger partial charge in [0.25, 0.3) is 0 Å². The van der Waals surface area contributed by atoms with Crippen LogP contribution >= 0.6 is 0 Å². The molecule has 5 heteroatoms. The molecule has 0 fully saturated rings. The third-order valence-corrected chi connectivity index (χ3v) is 3.79. The number of benzene rings is 2. The number of carboxylic acids is 1. The number of hydrogen-bond donors (Lipinski definition) is 1. The van der Waals surface area contributed by atoms with Gasteiger partial charge in [0, 0.05) is 0 Å². The molecule has 2 atom stereocenters. The fourth-order valence-corrected chi connectivity index (χ4v) is 2.77. The normalized spacial score (nSPS) is 20.8. The summed E-state index contributed by atoms with van der Waals surface area (Å²) in [4.78, 5) is 11.7. The number of hydrogen-bond acceptors (Lipinski definition) is 3. The van der Waals surface area contributed by atoms with Crippen LogP contribution in [-0.2, 0) is 4.79 Å². The zero-order valence-electron chi connectivity index (χ0n) is 12.0. The predicted molar refractivity (Wildman–Crippen MR) is 82.3 cm³/mol. The lowest BCUT2D eigenvalue weighted by Crippen LogP contribution is -2.30. The molecule has 0 saturated carbocycles. The van der Waals surface area contributed by atoms with Gasteiger partial charge in [-0.1, -0.05) is 30.3 Å². The average molecular weight is 298 g/mol. The van der Waals surface area contributed by atoms with Gasteiger partial charge >= 0.3 is 5.97 Å². The van der Waals surface area contributed by atoms with Crippen molar-refractivity contribution in [1.82, 2.24) is 0 Å². The molecule has 22 heavy (non-hydrogen) atoms. The smallest absolute Gasteiger partial charge is 0.314 e. The molecule has 1 heterocycles. The van der Waals surface area contributed by atoms with E-state index in [2.05, 4.69) is 5.10 Å². The Morgan fingerprint density at radius 2 is 1.77 bits per heavy atom. The highest BCUT2D eigenvalue weighted by Gasteiger charge is 2.41. The Morgan fingerprint density at radius 1 is 1.14 bits per heavy atom. The number of carboxylic acid groups (broad SMARTS) is 1. The van der Waals surface area contributed by atoms with Gasteiger partial charge in [0.1, 0.15) is 11.7 Å². The maximum atomic E-state index is 13.2. The molecule has 2 aromatic rings. The van der Waals surface area contributed by atoms with E-state index < -0.39 is 17.9 Å². The lowest BCUT2D eigenvalue weighted by Gasteiger charge is -2.26. The summed E-state index contributed by atoms with van der Waals surface area (Å²) in [6.07, 6.45) is 0. The number of hydrazone groups is 1. The van der Waals surface area contributed by atoms with E-state index in [1.165, 1.54) is 12.1 Å². The molecule has 2 unspecified atom stereocenters. The van der Waals surface area contributed by atoms with Gasteiger partial charge in [-0.25, -0.2) is 4.39 Å².